The highest BCUT2D eigenvalue weighted by atomic mass is 35.5. The van der Waals surface area contributed by atoms with Crippen molar-refractivity contribution in [2.45, 2.75) is 13.0 Å². The van der Waals surface area contributed by atoms with Crippen LogP contribution in [0.3, 0.4) is 0 Å². The Hall–Kier alpha value is -2.40. The normalized spacial score (nSPS) is 14.0. The second-order valence-corrected chi connectivity index (χ2v) is 6.38. The summed E-state index contributed by atoms with van der Waals surface area (Å²) in [6.07, 6.45) is 4.00. The Morgan fingerprint density at radius 3 is 2.79 bits per heavy atom. The van der Waals surface area contributed by atoms with Crippen molar-refractivity contribution in [1.82, 2.24) is 14.5 Å². The van der Waals surface area contributed by atoms with Crippen molar-refractivity contribution in [3.05, 3.63) is 53.6 Å². The Morgan fingerprint density at radius 1 is 1.25 bits per heavy atom. The Bertz CT molecular complexity index is 933. The number of rotatable bonds is 3. The largest absolute Gasteiger partial charge is 0.341 e. The lowest BCUT2D eigenvalue weighted by molar-refractivity contribution is -0.135. The Balaban J connectivity index is 1.74. The summed E-state index contributed by atoms with van der Waals surface area (Å²) in [6, 6.07) is 9.25. The van der Waals surface area contributed by atoms with Gasteiger partial charge in [-0.1, -0.05) is 23.7 Å². The van der Waals surface area contributed by atoms with Crippen molar-refractivity contribution in [3.63, 3.8) is 0 Å². The summed E-state index contributed by atoms with van der Waals surface area (Å²) >= 11 is 6.04. The quantitative estimate of drug-likeness (QED) is 0.726. The van der Waals surface area contributed by atoms with Crippen molar-refractivity contribution >= 4 is 28.5 Å². The molecule has 3 heterocycles. The molecule has 0 spiro atoms. The molecule has 24 heavy (non-hydrogen) atoms. The molecular weight excluding hydrogens is 329 g/mol. The molecule has 1 saturated heterocycles. The molecule has 0 unspecified atom stereocenters. The number of pyridine rings is 1. The molecule has 0 N–H and O–H groups in total. The first kappa shape index (κ1) is 15.1. The molecule has 122 valence electrons. The first-order valence-corrected chi connectivity index (χ1v) is 8.18. The number of carbonyl (C=O) groups excluding carboxylic acids is 1. The van der Waals surface area contributed by atoms with Gasteiger partial charge < -0.3 is 9.47 Å². The monoisotopic (exact) mass is 343 g/mol. The van der Waals surface area contributed by atoms with E-state index in [1.54, 1.807) is 21.7 Å². The zero-order chi connectivity index (χ0) is 16.7. The van der Waals surface area contributed by atoms with Gasteiger partial charge in [0.05, 0.1) is 5.52 Å². The van der Waals surface area contributed by atoms with Crippen molar-refractivity contribution in [3.8, 4) is 11.1 Å². The van der Waals surface area contributed by atoms with E-state index in [4.69, 9.17) is 11.6 Å². The van der Waals surface area contributed by atoms with Gasteiger partial charge in [0.2, 0.25) is 5.91 Å². The van der Waals surface area contributed by atoms with E-state index in [9.17, 15) is 9.18 Å². The standard InChI is InChI=1S/C18H15ClFN3O/c19-14-4-1-3-12(7-14)13-8-16-18(21-9-13)15(20)10-23(16)11-17(24)22-5-2-6-22/h1,3-4,7-10H,2,5-6,11H2. The number of carbonyl (C=O) groups is 1. The van der Waals surface area contributed by atoms with E-state index in [0.717, 1.165) is 30.6 Å². The summed E-state index contributed by atoms with van der Waals surface area (Å²) in [5.41, 5.74) is 2.62. The second kappa shape index (κ2) is 5.91. The zero-order valence-corrected chi connectivity index (χ0v) is 13.6. The lowest BCUT2D eigenvalue weighted by atomic mass is 10.1. The van der Waals surface area contributed by atoms with E-state index >= 15 is 0 Å². The lowest BCUT2D eigenvalue weighted by Gasteiger charge is -2.31. The maximum absolute atomic E-state index is 14.1. The van der Waals surface area contributed by atoms with Gasteiger partial charge in [-0.15, -0.1) is 0 Å². The van der Waals surface area contributed by atoms with E-state index < -0.39 is 5.82 Å². The van der Waals surface area contributed by atoms with Crippen LogP contribution in [-0.2, 0) is 11.3 Å². The Labute approximate surface area is 143 Å². The highest BCUT2D eigenvalue weighted by Crippen LogP contribution is 2.27. The lowest BCUT2D eigenvalue weighted by Crippen LogP contribution is -2.43. The van der Waals surface area contributed by atoms with Crippen LogP contribution in [-0.4, -0.2) is 33.4 Å². The number of amides is 1. The van der Waals surface area contributed by atoms with Crippen LogP contribution in [0.15, 0.2) is 42.7 Å². The van der Waals surface area contributed by atoms with Crippen LogP contribution in [0.2, 0.25) is 5.02 Å². The molecular formula is C18H15ClFN3O. The van der Waals surface area contributed by atoms with Gasteiger partial charge in [0.1, 0.15) is 12.1 Å². The predicted molar refractivity (Wildman–Crippen MR) is 91.3 cm³/mol. The number of hydrogen-bond acceptors (Lipinski definition) is 2. The number of benzene rings is 1. The van der Waals surface area contributed by atoms with Gasteiger partial charge in [-0.3, -0.25) is 9.78 Å². The third-order valence-corrected chi connectivity index (χ3v) is 4.58. The van der Waals surface area contributed by atoms with Crippen LogP contribution in [0.1, 0.15) is 6.42 Å². The highest BCUT2D eigenvalue weighted by Gasteiger charge is 2.21. The molecule has 3 aromatic rings. The average Bonchev–Trinajstić information content (AvgIpc) is 2.81. The third kappa shape index (κ3) is 2.65. The number of halogens is 2. The van der Waals surface area contributed by atoms with Gasteiger partial charge >= 0.3 is 0 Å². The van der Waals surface area contributed by atoms with Crippen LogP contribution in [0, 0.1) is 5.82 Å². The number of hydrogen-bond donors (Lipinski definition) is 0. The van der Waals surface area contributed by atoms with E-state index in [1.807, 2.05) is 24.3 Å². The number of aromatic nitrogens is 2. The molecule has 2 aromatic heterocycles. The summed E-state index contributed by atoms with van der Waals surface area (Å²) in [5, 5.41) is 0.627. The number of nitrogens with zero attached hydrogens (tertiary/aromatic N) is 3. The molecule has 0 aliphatic carbocycles. The van der Waals surface area contributed by atoms with Gasteiger partial charge in [0.15, 0.2) is 5.82 Å². The average molecular weight is 344 g/mol. The molecule has 0 saturated carbocycles. The summed E-state index contributed by atoms with van der Waals surface area (Å²) in [6.45, 7) is 1.69. The maximum Gasteiger partial charge on any atom is 0.242 e. The van der Waals surface area contributed by atoms with Crippen molar-refractivity contribution < 1.29 is 9.18 Å². The van der Waals surface area contributed by atoms with E-state index in [1.165, 1.54) is 6.20 Å². The fraction of sp³-hybridized carbons (Fsp3) is 0.222. The topological polar surface area (TPSA) is 38.1 Å². The number of fused-ring (bicyclic) bond motifs is 1. The van der Waals surface area contributed by atoms with Crippen LogP contribution >= 0.6 is 11.6 Å². The van der Waals surface area contributed by atoms with E-state index in [2.05, 4.69) is 4.98 Å². The third-order valence-electron chi connectivity index (χ3n) is 4.34. The zero-order valence-electron chi connectivity index (χ0n) is 12.9. The Kier molecular flexibility index (Phi) is 3.73. The van der Waals surface area contributed by atoms with Crippen LogP contribution in [0.4, 0.5) is 4.39 Å². The van der Waals surface area contributed by atoms with Crippen LogP contribution < -0.4 is 0 Å². The summed E-state index contributed by atoms with van der Waals surface area (Å²) < 4.78 is 15.8. The van der Waals surface area contributed by atoms with Gasteiger partial charge in [-0.25, -0.2) is 4.39 Å². The molecule has 1 amide bonds. The second-order valence-electron chi connectivity index (χ2n) is 5.94. The van der Waals surface area contributed by atoms with Crippen molar-refractivity contribution in [2.75, 3.05) is 13.1 Å². The molecule has 1 aromatic carbocycles. The predicted octanol–water partition coefficient (Wildman–Crippen LogP) is 3.73. The van der Waals surface area contributed by atoms with Crippen molar-refractivity contribution in [2.24, 2.45) is 0 Å². The van der Waals surface area contributed by atoms with Crippen LogP contribution in [0.5, 0.6) is 0 Å². The van der Waals surface area contributed by atoms with Gasteiger partial charge in [0.25, 0.3) is 0 Å². The minimum atomic E-state index is -0.418. The summed E-state index contributed by atoms with van der Waals surface area (Å²) in [7, 11) is 0. The summed E-state index contributed by atoms with van der Waals surface area (Å²) in [4.78, 5) is 18.2. The van der Waals surface area contributed by atoms with Crippen molar-refractivity contribution in [1.29, 1.82) is 0 Å². The molecule has 4 rings (SSSR count). The smallest absolute Gasteiger partial charge is 0.242 e. The maximum atomic E-state index is 14.1. The molecule has 1 fully saturated rings. The van der Waals surface area contributed by atoms with Gasteiger partial charge in [-0.05, 0) is 30.2 Å². The molecule has 0 atom stereocenters. The first-order chi connectivity index (χ1) is 11.6. The fourth-order valence-corrected chi connectivity index (χ4v) is 3.08. The SMILES string of the molecule is O=C(Cn1cc(F)c2ncc(-c3cccc(Cl)c3)cc21)N1CCC1. The molecule has 4 nitrogen and oxygen atoms in total. The summed E-state index contributed by atoms with van der Waals surface area (Å²) in [5.74, 6) is -0.412. The minimum absolute atomic E-state index is 0.00584. The fourth-order valence-electron chi connectivity index (χ4n) is 2.89. The van der Waals surface area contributed by atoms with Gasteiger partial charge in [0, 0.05) is 36.1 Å². The first-order valence-electron chi connectivity index (χ1n) is 7.80. The number of likely N-dealkylation sites (tertiary alicyclic amines) is 1. The molecule has 6 heteroatoms. The Morgan fingerprint density at radius 2 is 2.08 bits per heavy atom. The van der Waals surface area contributed by atoms with E-state index in [0.29, 0.717) is 10.5 Å². The molecule has 1 aliphatic rings. The minimum Gasteiger partial charge on any atom is -0.341 e. The van der Waals surface area contributed by atoms with E-state index in [-0.39, 0.29) is 18.0 Å². The molecule has 1 aliphatic heterocycles. The van der Waals surface area contributed by atoms with Gasteiger partial charge in [-0.2, -0.15) is 0 Å². The molecule has 0 radical (unpaired) electrons. The highest BCUT2D eigenvalue weighted by molar-refractivity contribution is 6.30. The molecule has 0 bridgehead atoms. The van der Waals surface area contributed by atoms with Crippen LogP contribution in [0.25, 0.3) is 22.2 Å².